The van der Waals surface area contributed by atoms with Gasteiger partial charge >= 0.3 is 12.1 Å². The molecule has 194 valence electrons. The number of carbonyl (C=O) groups is 5. The van der Waals surface area contributed by atoms with Crippen molar-refractivity contribution in [3.05, 3.63) is 64.2 Å². The fraction of sp³-hybridized carbons (Fsp3) is 0.292. The second kappa shape index (κ2) is 10.0. The molecule has 5 rings (SSSR count). The number of carboxylic acids is 1. The van der Waals surface area contributed by atoms with E-state index in [1.54, 1.807) is 18.2 Å². The van der Waals surface area contributed by atoms with Gasteiger partial charge in [0.1, 0.15) is 6.04 Å². The Labute approximate surface area is 207 Å². The molecule has 3 heterocycles. The molecule has 2 aromatic rings. The number of carbonyl (C=O) groups excluding carboxylic acids is 4. The van der Waals surface area contributed by atoms with Crippen LogP contribution >= 0.6 is 0 Å². The number of nitrogens with zero attached hydrogens (tertiary/aromatic N) is 1. The van der Waals surface area contributed by atoms with Crippen molar-refractivity contribution in [2.45, 2.75) is 44.7 Å². The molecule has 3 aliphatic heterocycles. The molecular formula is C24H21F3N4O6. The topological polar surface area (TPSA) is 145 Å². The SMILES string of the molecule is O=C(O)C(F)(F)F.O=C1CCC(N2Cc3cc(C(=O)Nc4cccc5c4CNC5)ccc3C2=O)C(=O)N1. The number of fused-ring (bicyclic) bond motifs is 2. The summed E-state index contributed by atoms with van der Waals surface area (Å²) >= 11 is 0. The summed E-state index contributed by atoms with van der Waals surface area (Å²) in [6.45, 7) is 1.74. The van der Waals surface area contributed by atoms with Crippen LogP contribution in [0.2, 0.25) is 0 Å². The molecular weight excluding hydrogens is 497 g/mol. The number of halogens is 3. The fourth-order valence-electron chi connectivity index (χ4n) is 4.36. The van der Waals surface area contributed by atoms with Gasteiger partial charge in [-0.1, -0.05) is 12.1 Å². The maximum absolute atomic E-state index is 12.8. The van der Waals surface area contributed by atoms with Crippen molar-refractivity contribution in [3.63, 3.8) is 0 Å². The van der Waals surface area contributed by atoms with Crippen molar-refractivity contribution in [2.24, 2.45) is 0 Å². The van der Waals surface area contributed by atoms with Gasteiger partial charge in [-0.05, 0) is 47.4 Å². The van der Waals surface area contributed by atoms with E-state index < -0.39 is 24.1 Å². The van der Waals surface area contributed by atoms with Crippen LogP contribution < -0.4 is 16.0 Å². The smallest absolute Gasteiger partial charge is 0.475 e. The molecule has 4 amide bonds. The van der Waals surface area contributed by atoms with Gasteiger partial charge in [0.15, 0.2) is 0 Å². The van der Waals surface area contributed by atoms with Gasteiger partial charge in [0.25, 0.3) is 11.8 Å². The summed E-state index contributed by atoms with van der Waals surface area (Å²) in [6, 6.07) is 10.1. The lowest BCUT2D eigenvalue weighted by atomic mass is 10.0. The Morgan fingerprint density at radius 2 is 1.78 bits per heavy atom. The van der Waals surface area contributed by atoms with Gasteiger partial charge in [0.05, 0.1) is 0 Å². The van der Waals surface area contributed by atoms with Crippen LogP contribution in [0.15, 0.2) is 36.4 Å². The molecule has 0 aromatic heterocycles. The molecule has 2 aromatic carbocycles. The molecule has 10 nitrogen and oxygen atoms in total. The monoisotopic (exact) mass is 518 g/mol. The van der Waals surface area contributed by atoms with Crippen LogP contribution in [0.5, 0.6) is 0 Å². The average Bonchev–Trinajstić information content (AvgIpc) is 3.44. The lowest BCUT2D eigenvalue weighted by Gasteiger charge is -2.29. The van der Waals surface area contributed by atoms with Crippen LogP contribution in [-0.2, 0) is 34.0 Å². The number of imide groups is 1. The number of rotatable bonds is 3. The Balaban J connectivity index is 0.000000405. The Hall–Kier alpha value is -4.26. The van der Waals surface area contributed by atoms with Crippen molar-refractivity contribution >= 4 is 35.3 Å². The summed E-state index contributed by atoms with van der Waals surface area (Å²) in [5.41, 5.74) is 4.69. The van der Waals surface area contributed by atoms with Crippen molar-refractivity contribution in [2.75, 3.05) is 5.32 Å². The zero-order valence-electron chi connectivity index (χ0n) is 19.1. The average molecular weight is 518 g/mol. The molecule has 3 aliphatic rings. The number of aliphatic carboxylic acids is 1. The Bertz CT molecular complexity index is 1310. The largest absolute Gasteiger partial charge is 0.490 e. The van der Waals surface area contributed by atoms with Crippen LogP contribution in [0.25, 0.3) is 0 Å². The van der Waals surface area contributed by atoms with E-state index >= 15 is 0 Å². The maximum Gasteiger partial charge on any atom is 0.490 e. The Morgan fingerprint density at radius 1 is 1.05 bits per heavy atom. The highest BCUT2D eigenvalue weighted by Gasteiger charge is 2.39. The third-order valence-corrected chi connectivity index (χ3v) is 6.17. The van der Waals surface area contributed by atoms with Crippen LogP contribution in [0.3, 0.4) is 0 Å². The maximum atomic E-state index is 12.8. The summed E-state index contributed by atoms with van der Waals surface area (Å²) in [7, 11) is 0. The van der Waals surface area contributed by atoms with Gasteiger partial charge < -0.3 is 20.6 Å². The van der Waals surface area contributed by atoms with Gasteiger partial charge in [-0.3, -0.25) is 24.5 Å². The molecule has 1 atom stereocenters. The third-order valence-electron chi connectivity index (χ3n) is 6.17. The molecule has 1 saturated heterocycles. The number of anilines is 1. The minimum atomic E-state index is -5.08. The first-order chi connectivity index (χ1) is 17.5. The second-order valence-electron chi connectivity index (χ2n) is 8.58. The molecule has 1 unspecified atom stereocenters. The van der Waals surface area contributed by atoms with E-state index in [1.807, 2.05) is 18.2 Å². The van der Waals surface area contributed by atoms with E-state index in [1.165, 1.54) is 10.5 Å². The quantitative estimate of drug-likeness (QED) is 0.455. The summed E-state index contributed by atoms with van der Waals surface area (Å²) in [4.78, 5) is 59.5. The van der Waals surface area contributed by atoms with Gasteiger partial charge in [-0.2, -0.15) is 13.2 Å². The number of piperidine rings is 1. The predicted molar refractivity (Wildman–Crippen MR) is 121 cm³/mol. The normalized spacial score (nSPS) is 18.4. The molecule has 0 saturated carbocycles. The molecule has 0 spiro atoms. The lowest BCUT2D eigenvalue weighted by Crippen LogP contribution is -2.52. The molecule has 0 aliphatic carbocycles. The number of alkyl halides is 3. The standard InChI is InChI=1S/C22H20N4O4.C2HF3O2/c27-19-7-6-18(21(29)25-19)26-11-14-8-12(4-5-15(14)22(26)30)20(28)24-17-3-1-2-13-9-23-10-16(13)17;3-2(4,5)1(6)7/h1-5,8,18,23H,6-7,9-11H2,(H,24,28)(H,25,27,29);(H,6,7). The van der Waals surface area contributed by atoms with Crippen LogP contribution in [0, 0.1) is 0 Å². The van der Waals surface area contributed by atoms with E-state index in [0.717, 1.165) is 17.8 Å². The van der Waals surface area contributed by atoms with E-state index in [9.17, 15) is 32.3 Å². The molecule has 4 N–H and O–H groups in total. The summed E-state index contributed by atoms with van der Waals surface area (Å²) in [5.74, 6) is -4.02. The number of hydrogen-bond acceptors (Lipinski definition) is 6. The molecule has 37 heavy (non-hydrogen) atoms. The van der Waals surface area contributed by atoms with Gasteiger partial charge in [0, 0.05) is 42.9 Å². The number of carboxylic acid groups (broad SMARTS) is 1. The number of hydrogen-bond donors (Lipinski definition) is 4. The van der Waals surface area contributed by atoms with Crippen LogP contribution in [0.1, 0.15) is 50.2 Å². The highest BCUT2D eigenvalue weighted by molar-refractivity contribution is 6.08. The fourth-order valence-corrected chi connectivity index (χ4v) is 4.36. The van der Waals surface area contributed by atoms with E-state index in [2.05, 4.69) is 16.0 Å². The van der Waals surface area contributed by atoms with E-state index in [4.69, 9.17) is 9.90 Å². The zero-order chi connectivity index (χ0) is 26.9. The van der Waals surface area contributed by atoms with Crippen molar-refractivity contribution in [1.82, 2.24) is 15.5 Å². The molecule has 1 fully saturated rings. The van der Waals surface area contributed by atoms with Crippen LogP contribution in [-0.4, -0.2) is 51.8 Å². The lowest BCUT2D eigenvalue weighted by molar-refractivity contribution is -0.192. The zero-order valence-corrected chi connectivity index (χ0v) is 19.1. The van der Waals surface area contributed by atoms with E-state index in [0.29, 0.717) is 29.7 Å². The molecule has 0 radical (unpaired) electrons. The van der Waals surface area contributed by atoms with Gasteiger partial charge in [-0.25, -0.2) is 4.79 Å². The van der Waals surface area contributed by atoms with Crippen LogP contribution in [0.4, 0.5) is 18.9 Å². The summed E-state index contributed by atoms with van der Waals surface area (Å²) < 4.78 is 31.7. The number of nitrogens with one attached hydrogen (secondary N) is 3. The second-order valence-corrected chi connectivity index (χ2v) is 8.58. The van der Waals surface area contributed by atoms with Crippen molar-refractivity contribution < 1.29 is 42.3 Å². The summed E-state index contributed by atoms with van der Waals surface area (Å²) in [5, 5.41) is 15.7. The third kappa shape index (κ3) is 5.45. The van der Waals surface area contributed by atoms with Gasteiger partial charge in [0.2, 0.25) is 11.8 Å². The Kier molecular flexibility index (Phi) is 6.99. The first-order valence-corrected chi connectivity index (χ1v) is 11.2. The first kappa shape index (κ1) is 25.8. The minimum Gasteiger partial charge on any atom is -0.475 e. The van der Waals surface area contributed by atoms with Gasteiger partial charge in [-0.15, -0.1) is 0 Å². The van der Waals surface area contributed by atoms with Crippen molar-refractivity contribution in [3.8, 4) is 0 Å². The Morgan fingerprint density at radius 3 is 2.46 bits per heavy atom. The highest BCUT2D eigenvalue weighted by atomic mass is 19.4. The first-order valence-electron chi connectivity index (χ1n) is 11.2. The highest BCUT2D eigenvalue weighted by Crippen LogP contribution is 2.29. The summed E-state index contributed by atoms with van der Waals surface area (Å²) in [6.07, 6.45) is -4.56. The minimum absolute atomic E-state index is 0.209. The number of benzene rings is 2. The molecule has 0 bridgehead atoms. The van der Waals surface area contributed by atoms with Crippen molar-refractivity contribution in [1.29, 1.82) is 0 Å². The number of amides is 4. The molecule has 13 heteroatoms. The van der Waals surface area contributed by atoms with E-state index in [-0.39, 0.29) is 30.7 Å². The predicted octanol–water partition coefficient (Wildman–Crippen LogP) is 1.94.